The lowest BCUT2D eigenvalue weighted by molar-refractivity contribution is -0.767. The van der Waals surface area contributed by atoms with Crippen LogP contribution in [-0.2, 0) is 43.5 Å². The number of anilines is 2. The number of carbonyl (C=O) groups is 4. The summed E-state index contributed by atoms with van der Waals surface area (Å²) in [5, 5.41) is 36.5. The van der Waals surface area contributed by atoms with Crippen molar-refractivity contribution in [1.29, 1.82) is 0 Å². The minimum Gasteiger partial charge on any atom is -0.543 e. The first-order chi connectivity index (χ1) is 20.8. The number of aryl methyl sites for hydroxylation is 1. The molecule has 9 N–H and O–H groups in total. The number of carboxylic acids is 2. The number of carbonyl (C=O) groups excluding carboxylic acids is 3. The Labute approximate surface area is 258 Å². The van der Waals surface area contributed by atoms with Crippen molar-refractivity contribution < 1.29 is 44.0 Å². The van der Waals surface area contributed by atoms with E-state index in [-0.39, 0.29) is 42.1 Å². The Morgan fingerprint density at radius 2 is 2.07 bits per heavy atom. The molecule has 0 radical (unpaired) electrons. The summed E-state index contributed by atoms with van der Waals surface area (Å²) in [7, 11) is 0. The van der Waals surface area contributed by atoms with Crippen molar-refractivity contribution in [2.45, 2.75) is 56.8 Å². The first-order valence-corrected chi connectivity index (χ1v) is 15.1. The molecule has 238 valence electrons. The van der Waals surface area contributed by atoms with E-state index in [4.69, 9.17) is 22.0 Å². The number of nitrogens with one attached hydrogen (secondary N) is 1. The number of fused-ring (bicyclic) bond motifs is 1. The van der Waals surface area contributed by atoms with E-state index in [0.717, 1.165) is 22.0 Å². The summed E-state index contributed by atoms with van der Waals surface area (Å²) in [4.78, 5) is 60.2. The normalized spacial score (nSPS) is 18.6. The monoisotopic (exact) mass is 652 g/mol. The minimum atomic E-state index is -1.81. The van der Waals surface area contributed by atoms with E-state index in [1.807, 2.05) is 0 Å². The number of aromatic nitrogens is 4. The van der Waals surface area contributed by atoms with Crippen molar-refractivity contribution in [3.63, 3.8) is 0 Å². The number of aliphatic carboxylic acids is 2. The number of carboxylic acid groups (broad SMARTS) is 2. The average molecular weight is 653 g/mol. The predicted octanol–water partition coefficient (Wildman–Crippen LogP) is -3.64. The Kier molecular flexibility index (Phi) is 9.76. The number of hydrogen-bond donors (Lipinski definition) is 6. The molecule has 2 aliphatic heterocycles. The Morgan fingerprint density at radius 3 is 2.66 bits per heavy atom. The number of thioether (sulfide) groups is 1. The van der Waals surface area contributed by atoms with E-state index < -0.39 is 46.5 Å². The van der Waals surface area contributed by atoms with E-state index >= 15 is 0 Å². The molecule has 4 heterocycles. The fourth-order valence-corrected chi connectivity index (χ4v) is 6.26. The van der Waals surface area contributed by atoms with Crippen LogP contribution in [0.3, 0.4) is 0 Å². The molecule has 0 saturated carbocycles. The number of nitrogens with zero attached hydrogens (tertiary/aromatic N) is 6. The molecular weight excluding hydrogens is 620 g/mol. The number of amides is 2. The Morgan fingerprint density at radius 1 is 1.34 bits per heavy atom. The molecule has 4 rings (SSSR count). The van der Waals surface area contributed by atoms with Gasteiger partial charge in [-0.2, -0.15) is 9.36 Å². The summed E-state index contributed by atoms with van der Waals surface area (Å²) in [5.74, 6) is -4.29. The number of hydrogen-bond acceptors (Lipinski definition) is 15. The van der Waals surface area contributed by atoms with Crippen LogP contribution in [0.25, 0.3) is 0 Å². The molecule has 20 heteroatoms. The highest BCUT2D eigenvalue weighted by atomic mass is 32.2. The molecule has 2 amide bonds. The zero-order valence-corrected chi connectivity index (χ0v) is 25.4. The Balaban J connectivity index is 1.58. The van der Waals surface area contributed by atoms with Crippen LogP contribution >= 0.6 is 23.3 Å². The highest BCUT2D eigenvalue weighted by molar-refractivity contribution is 8.00. The lowest BCUT2D eigenvalue weighted by Crippen LogP contribution is -2.71. The van der Waals surface area contributed by atoms with Gasteiger partial charge in [-0.3, -0.25) is 14.5 Å². The van der Waals surface area contributed by atoms with Gasteiger partial charge in [0.15, 0.2) is 17.5 Å². The van der Waals surface area contributed by atoms with E-state index in [1.165, 1.54) is 25.6 Å². The molecule has 0 spiro atoms. The Hall–Kier alpha value is -4.27. The summed E-state index contributed by atoms with van der Waals surface area (Å²) < 4.78 is 7.22. The molecule has 44 heavy (non-hydrogen) atoms. The summed E-state index contributed by atoms with van der Waals surface area (Å²) in [6, 6.07) is -1.17. The zero-order chi connectivity index (χ0) is 32.3. The van der Waals surface area contributed by atoms with Crippen LogP contribution < -0.4 is 32.3 Å². The van der Waals surface area contributed by atoms with Gasteiger partial charge in [-0.15, -0.1) is 21.1 Å². The van der Waals surface area contributed by atoms with Gasteiger partial charge in [-0.25, -0.2) is 4.79 Å². The molecule has 2 aliphatic rings. The van der Waals surface area contributed by atoms with Crippen molar-refractivity contribution >= 4 is 63.7 Å². The molecule has 2 aromatic heterocycles. The second-order valence-corrected chi connectivity index (χ2v) is 12.2. The van der Waals surface area contributed by atoms with Gasteiger partial charge in [-0.1, -0.05) is 5.16 Å². The van der Waals surface area contributed by atoms with Crippen LogP contribution in [0.2, 0.25) is 0 Å². The average Bonchev–Trinajstić information content (AvgIpc) is 3.52. The second-order valence-electron chi connectivity index (χ2n) is 10.3. The molecule has 18 nitrogen and oxygen atoms in total. The fourth-order valence-electron chi connectivity index (χ4n) is 4.49. The molecule has 0 unspecified atom stereocenters. The molecule has 2 aromatic rings. The number of β-lactam (4-membered cyclic amide) rings is 1. The van der Waals surface area contributed by atoms with E-state index in [2.05, 4.69) is 19.8 Å². The van der Waals surface area contributed by atoms with Crippen molar-refractivity contribution in [3.8, 4) is 0 Å². The largest absolute Gasteiger partial charge is 0.543 e. The first-order valence-electron chi connectivity index (χ1n) is 13.3. The summed E-state index contributed by atoms with van der Waals surface area (Å²) >= 11 is 1.97. The second kappa shape index (κ2) is 13.2. The number of oxime groups is 1. The van der Waals surface area contributed by atoms with Gasteiger partial charge < -0.3 is 47.5 Å². The van der Waals surface area contributed by atoms with Crippen LogP contribution in [0.15, 0.2) is 22.6 Å². The summed E-state index contributed by atoms with van der Waals surface area (Å²) in [5.41, 5.74) is 16.0. The minimum absolute atomic E-state index is 0.000693. The molecule has 0 aliphatic carbocycles. The van der Waals surface area contributed by atoms with Crippen molar-refractivity contribution in [2.75, 3.05) is 30.4 Å². The van der Waals surface area contributed by atoms with Crippen LogP contribution in [-0.4, -0.2) is 94.5 Å². The van der Waals surface area contributed by atoms with E-state index in [9.17, 15) is 34.5 Å². The first kappa shape index (κ1) is 32.6. The maximum Gasteiger partial charge on any atom is 0.350 e. The molecule has 0 aromatic carbocycles. The highest BCUT2D eigenvalue weighted by Gasteiger charge is 2.53. The molecular formula is C24H32N10O8S2. The lowest BCUT2D eigenvalue weighted by atomic mass is 10.0. The lowest BCUT2D eigenvalue weighted by Gasteiger charge is -2.50. The third-order valence-corrected chi connectivity index (χ3v) is 8.70. The van der Waals surface area contributed by atoms with E-state index in [0.29, 0.717) is 30.8 Å². The maximum absolute atomic E-state index is 13.3. The van der Waals surface area contributed by atoms with Gasteiger partial charge in [0.1, 0.15) is 18.0 Å². The van der Waals surface area contributed by atoms with Crippen molar-refractivity contribution in [1.82, 2.24) is 24.3 Å². The summed E-state index contributed by atoms with van der Waals surface area (Å²) in [6.45, 7) is 2.86. The highest BCUT2D eigenvalue weighted by Crippen LogP contribution is 2.40. The number of nitrogens with two attached hydrogens (primary N) is 3. The number of aliphatic hydroxyl groups is 1. The van der Waals surface area contributed by atoms with Crippen LogP contribution in [0, 0.1) is 0 Å². The van der Waals surface area contributed by atoms with Gasteiger partial charge in [-0.05, 0) is 33.2 Å². The van der Waals surface area contributed by atoms with Crippen LogP contribution in [0.1, 0.15) is 31.7 Å². The SMILES string of the molecule is CC(C)(O/N=C(/C(=O)N[C@@H]1C(=O)N2C(C(=O)[O-])=C(C[n+]3cc(CCCN)c(N)n3CCO)CS[C@H]12)c1nsc(N)n1)C(=O)O. The fraction of sp³-hybridized carbons (Fsp3) is 0.500. The standard InChI is InChI=1S/C24H32N10O8S2/c1-24(2,22(40)41)42-30-13(17-29-23(27)44-31-17)18(36)28-14-19(37)34-15(21(38)39)12(10-43-20(14)34)9-32-8-11(4-3-5-25)16(26)33(32)6-7-35/h8,14,20,26,35H,3-7,9-10,25H2,1-2H3,(H5,27,28,29,31,36,38,39,40,41)/b30-13+/t14-,20-/m1/s1. The van der Waals surface area contributed by atoms with Crippen molar-refractivity contribution in [3.05, 3.63) is 28.9 Å². The summed E-state index contributed by atoms with van der Waals surface area (Å²) in [6.07, 6.45) is 3.02. The molecule has 1 fully saturated rings. The Bertz CT molecular complexity index is 1530. The van der Waals surface area contributed by atoms with Gasteiger partial charge in [0, 0.05) is 22.9 Å². The van der Waals surface area contributed by atoms with Crippen LogP contribution in [0.5, 0.6) is 0 Å². The predicted molar refractivity (Wildman–Crippen MR) is 154 cm³/mol. The number of rotatable bonds is 14. The topological polar surface area (TPSA) is 281 Å². The third kappa shape index (κ3) is 6.47. The number of nitrogen functional groups attached to an aromatic ring is 2. The third-order valence-electron chi connectivity index (χ3n) is 6.81. The maximum atomic E-state index is 13.3. The number of aliphatic hydroxyl groups excluding tert-OH is 1. The van der Waals surface area contributed by atoms with Gasteiger partial charge in [0.2, 0.25) is 23.3 Å². The van der Waals surface area contributed by atoms with Gasteiger partial charge >= 0.3 is 5.97 Å². The quantitative estimate of drug-likeness (QED) is 0.0497. The van der Waals surface area contributed by atoms with Crippen LogP contribution in [0.4, 0.5) is 10.9 Å². The van der Waals surface area contributed by atoms with E-state index in [1.54, 1.807) is 15.6 Å². The molecule has 1 saturated heterocycles. The van der Waals surface area contributed by atoms with Crippen molar-refractivity contribution in [2.24, 2.45) is 10.9 Å². The molecule has 0 bridgehead atoms. The smallest absolute Gasteiger partial charge is 0.350 e. The van der Waals surface area contributed by atoms with Gasteiger partial charge in [0.05, 0.1) is 23.8 Å². The molecule has 2 atom stereocenters. The van der Waals surface area contributed by atoms with Gasteiger partial charge in [0.25, 0.3) is 11.8 Å². The zero-order valence-electron chi connectivity index (χ0n) is 23.8.